The zero-order chi connectivity index (χ0) is 31.6. The molecule has 0 radical (unpaired) electrons. The van der Waals surface area contributed by atoms with Crippen molar-refractivity contribution in [3.05, 3.63) is 87.6 Å². The summed E-state index contributed by atoms with van der Waals surface area (Å²) in [6.07, 6.45) is 8.15. The molecule has 0 saturated carbocycles. The lowest BCUT2D eigenvalue weighted by atomic mass is 9.93. The number of aromatic amines is 1. The van der Waals surface area contributed by atoms with Gasteiger partial charge in [0.25, 0.3) is 5.91 Å². The average Bonchev–Trinajstić information content (AvgIpc) is 3.59. The zero-order valence-electron chi connectivity index (χ0n) is 25.1. The van der Waals surface area contributed by atoms with E-state index in [0.717, 1.165) is 50.6 Å². The normalized spacial score (nSPS) is 25.4. The van der Waals surface area contributed by atoms with Gasteiger partial charge < -0.3 is 31.1 Å². The van der Waals surface area contributed by atoms with Crippen LogP contribution in [0.1, 0.15) is 62.5 Å². The molecule has 4 unspecified atom stereocenters. The van der Waals surface area contributed by atoms with Crippen LogP contribution in [-0.4, -0.2) is 51.0 Å². The number of hydrogen-bond acceptors (Lipinski definition) is 5. The highest BCUT2D eigenvalue weighted by molar-refractivity contribution is 6.00. The summed E-state index contributed by atoms with van der Waals surface area (Å²) in [7, 11) is 0. The number of rotatable bonds is 12. The lowest BCUT2D eigenvalue weighted by Gasteiger charge is -2.14. The SMILES string of the molecule is C=CC1=C(C)C(Cc2[nH]c(/C=C3\NC(/C=C4\NC(=O)C(C)C4C=C)C(C)=C3CCC(=O)O)c(CCC(=O)O)c2C)NC1=O. The molecule has 0 bridgehead atoms. The van der Waals surface area contributed by atoms with E-state index in [9.17, 15) is 29.4 Å². The summed E-state index contributed by atoms with van der Waals surface area (Å²) in [5.41, 5.74) is 8.12. The van der Waals surface area contributed by atoms with Gasteiger partial charge in [0.1, 0.15) is 0 Å². The molecule has 228 valence electrons. The first kappa shape index (κ1) is 31.3. The topological polar surface area (TPSA) is 161 Å². The Hall–Kier alpha value is -4.60. The van der Waals surface area contributed by atoms with Crippen LogP contribution in [-0.2, 0) is 32.0 Å². The summed E-state index contributed by atoms with van der Waals surface area (Å²) in [6.45, 7) is 15.3. The molecule has 10 nitrogen and oxygen atoms in total. The fourth-order valence-electron chi connectivity index (χ4n) is 6.17. The van der Waals surface area contributed by atoms with Crippen LogP contribution in [0.5, 0.6) is 0 Å². The predicted octanol–water partition coefficient (Wildman–Crippen LogP) is 3.83. The van der Waals surface area contributed by atoms with Crippen molar-refractivity contribution in [2.75, 3.05) is 0 Å². The molecule has 3 aliphatic rings. The van der Waals surface area contributed by atoms with Crippen molar-refractivity contribution in [3.63, 3.8) is 0 Å². The number of carbonyl (C=O) groups is 4. The summed E-state index contributed by atoms with van der Waals surface area (Å²) in [5.74, 6) is -2.44. The fourth-order valence-corrected chi connectivity index (χ4v) is 6.17. The molecule has 6 N–H and O–H groups in total. The third kappa shape index (κ3) is 6.43. The minimum Gasteiger partial charge on any atom is -0.481 e. The highest BCUT2D eigenvalue weighted by Crippen LogP contribution is 2.35. The molecule has 4 heterocycles. The number of nitrogens with one attached hydrogen (secondary N) is 4. The first-order chi connectivity index (χ1) is 20.4. The number of aliphatic carboxylic acids is 2. The number of H-pyrrole nitrogens is 1. The van der Waals surface area contributed by atoms with E-state index < -0.39 is 11.9 Å². The second kappa shape index (κ2) is 12.7. The van der Waals surface area contributed by atoms with Crippen LogP contribution in [0.25, 0.3) is 6.08 Å². The predicted molar refractivity (Wildman–Crippen MR) is 164 cm³/mol. The Kier molecular flexibility index (Phi) is 9.27. The van der Waals surface area contributed by atoms with E-state index in [-0.39, 0.29) is 48.6 Å². The molecular weight excluding hydrogens is 548 g/mol. The van der Waals surface area contributed by atoms with Crippen molar-refractivity contribution in [2.24, 2.45) is 11.8 Å². The molecule has 1 aromatic heterocycles. The molecule has 10 heteroatoms. The minimum atomic E-state index is -0.911. The molecule has 4 rings (SSSR count). The van der Waals surface area contributed by atoms with E-state index in [1.807, 2.05) is 39.8 Å². The number of allylic oxidation sites excluding steroid dienone is 2. The molecule has 0 aliphatic carbocycles. The fraction of sp³-hybridized carbons (Fsp3) is 0.394. The summed E-state index contributed by atoms with van der Waals surface area (Å²) in [6, 6.07) is -0.503. The standard InChI is InChI=1S/C33H40N4O6/c1-7-20-19(6)32(42)37-27(20)14-25-18(5)23(10-12-31(40)41)29(35-25)15-28-22(9-11-30(38)39)17(4)24(34-28)13-26-16(3)21(8-2)33(43)36-26/h7-8,14-15,19-20,25-26,34-35H,1-2,9-13H2,3-6H3,(H,36,43)(H,37,42)(H,38,39)(H,40,41)/b27-14-,29-15-. The van der Waals surface area contributed by atoms with E-state index in [1.165, 1.54) is 0 Å². The van der Waals surface area contributed by atoms with Crippen LogP contribution < -0.4 is 16.0 Å². The van der Waals surface area contributed by atoms with Gasteiger partial charge in [-0.3, -0.25) is 19.2 Å². The molecule has 0 spiro atoms. The number of hydrogen-bond donors (Lipinski definition) is 6. The van der Waals surface area contributed by atoms with Crippen LogP contribution in [0.15, 0.2) is 65.1 Å². The van der Waals surface area contributed by atoms with E-state index in [4.69, 9.17) is 0 Å². The second-order valence-corrected chi connectivity index (χ2v) is 11.4. The van der Waals surface area contributed by atoms with Gasteiger partial charge in [-0.15, -0.1) is 6.58 Å². The summed E-state index contributed by atoms with van der Waals surface area (Å²) in [4.78, 5) is 51.2. The Morgan fingerprint density at radius 3 is 2.26 bits per heavy atom. The van der Waals surface area contributed by atoms with Crippen molar-refractivity contribution in [1.82, 2.24) is 20.9 Å². The number of amides is 2. The van der Waals surface area contributed by atoms with Crippen molar-refractivity contribution < 1.29 is 29.4 Å². The van der Waals surface area contributed by atoms with Crippen LogP contribution in [0.4, 0.5) is 0 Å². The molecule has 43 heavy (non-hydrogen) atoms. The Labute approximate surface area is 251 Å². The lowest BCUT2D eigenvalue weighted by molar-refractivity contribution is -0.138. The first-order valence-electron chi connectivity index (χ1n) is 14.5. The molecular formula is C33H40N4O6. The number of carboxylic acids is 2. The third-order valence-corrected chi connectivity index (χ3v) is 8.85. The van der Waals surface area contributed by atoms with Gasteiger partial charge in [0.05, 0.1) is 12.1 Å². The maximum absolute atomic E-state index is 12.4. The Morgan fingerprint density at radius 1 is 0.977 bits per heavy atom. The Morgan fingerprint density at radius 2 is 1.65 bits per heavy atom. The smallest absolute Gasteiger partial charge is 0.303 e. The van der Waals surface area contributed by atoms with Gasteiger partial charge in [-0.2, -0.15) is 0 Å². The lowest BCUT2D eigenvalue weighted by Crippen LogP contribution is -2.30. The van der Waals surface area contributed by atoms with E-state index in [0.29, 0.717) is 24.8 Å². The monoisotopic (exact) mass is 588 g/mol. The molecule has 3 aliphatic heterocycles. The van der Waals surface area contributed by atoms with Gasteiger partial charge in [0.15, 0.2) is 0 Å². The van der Waals surface area contributed by atoms with Crippen molar-refractivity contribution in [2.45, 2.75) is 71.9 Å². The molecule has 1 fully saturated rings. The quantitative estimate of drug-likeness (QED) is 0.202. The third-order valence-electron chi connectivity index (χ3n) is 8.85. The number of aromatic nitrogens is 1. The average molecular weight is 589 g/mol. The van der Waals surface area contributed by atoms with E-state index in [2.05, 4.69) is 34.1 Å². The van der Waals surface area contributed by atoms with Crippen LogP contribution >= 0.6 is 0 Å². The highest BCUT2D eigenvalue weighted by Gasteiger charge is 2.35. The van der Waals surface area contributed by atoms with Crippen LogP contribution in [0.3, 0.4) is 0 Å². The van der Waals surface area contributed by atoms with Crippen molar-refractivity contribution >= 4 is 29.8 Å². The second-order valence-electron chi connectivity index (χ2n) is 11.4. The van der Waals surface area contributed by atoms with E-state index >= 15 is 0 Å². The molecule has 1 aromatic rings. The number of carboxylic acid groups (broad SMARTS) is 2. The van der Waals surface area contributed by atoms with Gasteiger partial charge in [-0.1, -0.05) is 25.7 Å². The maximum atomic E-state index is 12.4. The summed E-state index contributed by atoms with van der Waals surface area (Å²) >= 11 is 0. The van der Waals surface area contributed by atoms with Crippen LogP contribution in [0.2, 0.25) is 0 Å². The van der Waals surface area contributed by atoms with Crippen molar-refractivity contribution in [1.29, 1.82) is 0 Å². The highest BCUT2D eigenvalue weighted by atomic mass is 16.4. The molecule has 0 aromatic carbocycles. The van der Waals surface area contributed by atoms with Gasteiger partial charge in [0, 0.05) is 59.5 Å². The maximum Gasteiger partial charge on any atom is 0.303 e. The Balaban J connectivity index is 1.74. The first-order valence-corrected chi connectivity index (χ1v) is 14.5. The van der Waals surface area contributed by atoms with Crippen LogP contribution in [0, 0.1) is 18.8 Å². The van der Waals surface area contributed by atoms with Gasteiger partial charge in [0.2, 0.25) is 5.91 Å². The van der Waals surface area contributed by atoms with Gasteiger partial charge in [-0.05, 0) is 73.6 Å². The minimum absolute atomic E-state index is 0.0578. The van der Waals surface area contributed by atoms with Gasteiger partial charge in [-0.25, -0.2) is 0 Å². The number of carbonyl (C=O) groups excluding carboxylic acids is 2. The van der Waals surface area contributed by atoms with Crippen molar-refractivity contribution in [3.8, 4) is 0 Å². The Bertz CT molecular complexity index is 1520. The zero-order valence-corrected chi connectivity index (χ0v) is 25.1. The van der Waals surface area contributed by atoms with E-state index in [1.54, 1.807) is 12.2 Å². The molecule has 2 amide bonds. The largest absolute Gasteiger partial charge is 0.481 e. The molecule has 4 atom stereocenters. The van der Waals surface area contributed by atoms with Gasteiger partial charge >= 0.3 is 11.9 Å². The summed E-state index contributed by atoms with van der Waals surface area (Å²) < 4.78 is 0. The summed E-state index contributed by atoms with van der Waals surface area (Å²) in [5, 5.41) is 28.3. The molecule has 1 saturated heterocycles.